The molecule has 1 aliphatic heterocycles. The van der Waals surface area contributed by atoms with Crippen molar-refractivity contribution in [3.8, 4) is 22.8 Å². The fraction of sp³-hybridized carbons (Fsp3) is 0.414. The number of anilines is 1. The van der Waals surface area contributed by atoms with Crippen LogP contribution in [-0.4, -0.2) is 54.8 Å². The van der Waals surface area contributed by atoms with Crippen molar-refractivity contribution in [1.82, 2.24) is 40.4 Å². The maximum absolute atomic E-state index is 5.00. The van der Waals surface area contributed by atoms with Gasteiger partial charge in [-0.25, -0.2) is 4.98 Å². The fourth-order valence-electron chi connectivity index (χ4n) is 6.01. The second-order valence-electron chi connectivity index (χ2n) is 10.7. The van der Waals surface area contributed by atoms with Crippen LogP contribution in [0.15, 0.2) is 43.1 Å². The molecule has 6 heterocycles. The zero-order valence-electron chi connectivity index (χ0n) is 21.6. The topological polar surface area (TPSA) is 111 Å². The van der Waals surface area contributed by atoms with Crippen molar-refractivity contribution in [2.45, 2.75) is 51.5 Å². The molecule has 0 aromatic carbocycles. The van der Waals surface area contributed by atoms with Crippen molar-refractivity contribution in [2.24, 2.45) is 5.92 Å². The summed E-state index contributed by atoms with van der Waals surface area (Å²) in [5, 5.41) is 12.3. The van der Waals surface area contributed by atoms with E-state index in [1.54, 1.807) is 0 Å². The summed E-state index contributed by atoms with van der Waals surface area (Å²) < 4.78 is 0. The third-order valence-corrected chi connectivity index (χ3v) is 8.07. The molecule has 0 spiro atoms. The molecular formula is C29H33N9. The van der Waals surface area contributed by atoms with E-state index in [1.165, 1.54) is 50.5 Å². The van der Waals surface area contributed by atoms with Gasteiger partial charge in [-0.2, -0.15) is 5.10 Å². The van der Waals surface area contributed by atoms with Crippen LogP contribution in [0.4, 0.5) is 5.69 Å². The minimum atomic E-state index is 0.734. The normalized spacial score (nSPS) is 16.7. The van der Waals surface area contributed by atoms with E-state index in [-0.39, 0.29) is 0 Å². The van der Waals surface area contributed by atoms with Crippen molar-refractivity contribution >= 4 is 27.6 Å². The lowest BCUT2D eigenvalue weighted by atomic mass is 10.1. The first-order chi connectivity index (χ1) is 18.8. The van der Waals surface area contributed by atoms with Gasteiger partial charge in [-0.1, -0.05) is 12.8 Å². The summed E-state index contributed by atoms with van der Waals surface area (Å²) in [6, 6.07) is 4.26. The molecule has 2 aliphatic rings. The average molecular weight is 508 g/mol. The third-order valence-electron chi connectivity index (χ3n) is 8.07. The maximum atomic E-state index is 5.00. The van der Waals surface area contributed by atoms with Crippen LogP contribution in [0.1, 0.15) is 50.5 Å². The highest BCUT2D eigenvalue weighted by atomic mass is 15.2. The molecule has 1 saturated carbocycles. The molecule has 7 rings (SSSR count). The van der Waals surface area contributed by atoms with Crippen LogP contribution in [0.5, 0.6) is 0 Å². The molecule has 9 nitrogen and oxygen atoms in total. The average Bonchev–Trinajstić information content (AvgIpc) is 3.73. The van der Waals surface area contributed by atoms with Crippen LogP contribution in [0.3, 0.4) is 0 Å². The van der Waals surface area contributed by atoms with E-state index in [4.69, 9.17) is 9.97 Å². The Kier molecular flexibility index (Phi) is 6.21. The summed E-state index contributed by atoms with van der Waals surface area (Å²) in [4.78, 5) is 24.6. The van der Waals surface area contributed by atoms with Gasteiger partial charge in [0.1, 0.15) is 11.2 Å². The van der Waals surface area contributed by atoms with E-state index in [9.17, 15) is 0 Å². The molecule has 1 saturated heterocycles. The van der Waals surface area contributed by atoms with Crippen molar-refractivity contribution in [3.63, 3.8) is 0 Å². The third kappa shape index (κ3) is 4.51. The molecule has 0 unspecified atom stereocenters. The summed E-state index contributed by atoms with van der Waals surface area (Å²) in [5.74, 6) is 1.55. The van der Waals surface area contributed by atoms with Crippen LogP contribution < -0.4 is 10.2 Å². The monoisotopic (exact) mass is 507 g/mol. The number of aromatic amines is 2. The highest BCUT2D eigenvalue weighted by Gasteiger charge is 2.20. The second kappa shape index (κ2) is 10.1. The molecule has 5 aromatic rings. The van der Waals surface area contributed by atoms with Gasteiger partial charge in [-0.15, -0.1) is 0 Å². The molecule has 0 bridgehead atoms. The molecule has 2 fully saturated rings. The van der Waals surface area contributed by atoms with E-state index >= 15 is 0 Å². The van der Waals surface area contributed by atoms with E-state index in [0.29, 0.717) is 0 Å². The lowest BCUT2D eigenvalue weighted by Gasteiger charge is -2.28. The lowest BCUT2D eigenvalue weighted by Crippen LogP contribution is -2.29. The van der Waals surface area contributed by atoms with E-state index in [1.807, 2.05) is 31.0 Å². The van der Waals surface area contributed by atoms with Crippen LogP contribution in [0, 0.1) is 5.92 Å². The molecular weight excluding hydrogens is 474 g/mol. The number of H-pyrrole nitrogens is 2. The van der Waals surface area contributed by atoms with Crippen molar-refractivity contribution in [1.29, 1.82) is 0 Å². The summed E-state index contributed by atoms with van der Waals surface area (Å²) in [5.41, 5.74) is 7.67. The number of hydrogen-bond acceptors (Lipinski definition) is 7. The predicted molar refractivity (Wildman–Crippen MR) is 150 cm³/mol. The number of aromatic nitrogens is 7. The molecule has 194 valence electrons. The Labute approximate surface area is 221 Å². The van der Waals surface area contributed by atoms with Crippen LogP contribution in [0.2, 0.25) is 0 Å². The van der Waals surface area contributed by atoms with Gasteiger partial charge in [-0.3, -0.25) is 20.1 Å². The number of hydrogen-bond donors (Lipinski definition) is 3. The minimum Gasteiger partial charge on any atom is -0.368 e. The van der Waals surface area contributed by atoms with Crippen LogP contribution in [-0.2, 0) is 6.54 Å². The number of pyridine rings is 3. The number of imidazole rings is 1. The number of rotatable bonds is 7. The summed E-state index contributed by atoms with van der Waals surface area (Å²) >= 11 is 0. The van der Waals surface area contributed by atoms with Gasteiger partial charge in [-0.05, 0) is 62.3 Å². The molecule has 0 radical (unpaired) electrons. The first-order valence-corrected chi connectivity index (χ1v) is 13.9. The SMILES string of the molecule is c1ncc(-c2cc3c(-c4nc5c(N6CCCCC6)cncc5[nH]4)n[nH]c3cn2)cc1CNCC1CCCC1. The van der Waals surface area contributed by atoms with Gasteiger partial charge in [0.2, 0.25) is 0 Å². The Morgan fingerprint density at radius 3 is 2.66 bits per heavy atom. The Morgan fingerprint density at radius 1 is 0.895 bits per heavy atom. The molecule has 1 aliphatic carbocycles. The van der Waals surface area contributed by atoms with Gasteiger partial charge >= 0.3 is 0 Å². The van der Waals surface area contributed by atoms with Gasteiger partial charge in [0, 0.05) is 43.0 Å². The zero-order valence-corrected chi connectivity index (χ0v) is 21.6. The maximum Gasteiger partial charge on any atom is 0.159 e. The Bertz CT molecular complexity index is 1560. The number of nitrogens with zero attached hydrogens (tertiary/aromatic N) is 6. The summed E-state index contributed by atoms with van der Waals surface area (Å²) in [6.07, 6.45) is 18.6. The largest absolute Gasteiger partial charge is 0.368 e. The highest BCUT2D eigenvalue weighted by Crippen LogP contribution is 2.32. The number of nitrogens with one attached hydrogen (secondary N) is 3. The van der Waals surface area contributed by atoms with Gasteiger partial charge in [0.25, 0.3) is 0 Å². The smallest absolute Gasteiger partial charge is 0.159 e. The number of fused-ring (bicyclic) bond motifs is 2. The molecule has 38 heavy (non-hydrogen) atoms. The zero-order chi connectivity index (χ0) is 25.3. The molecule has 9 heteroatoms. The second-order valence-corrected chi connectivity index (χ2v) is 10.7. The fourth-order valence-corrected chi connectivity index (χ4v) is 6.01. The standard InChI is InChI=1S/C29H33N9/c1-4-8-38(9-5-1)26-18-32-16-25-28(26)35-29(34-25)27-22-11-23(33-17-24(22)36-37-27)21-10-20(14-31-15-21)13-30-12-19-6-2-3-7-19/h10-11,14-19,30H,1-9,12-13H2,(H,34,35)(H,36,37). The van der Waals surface area contributed by atoms with Gasteiger partial charge < -0.3 is 15.2 Å². The molecule has 3 N–H and O–H groups in total. The predicted octanol–water partition coefficient (Wildman–Crippen LogP) is 5.23. The van der Waals surface area contributed by atoms with Gasteiger partial charge in [0.05, 0.1) is 41.0 Å². The number of piperidine rings is 1. The molecule has 5 aromatic heterocycles. The summed E-state index contributed by atoms with van der Waals surface area (Å²) in [6.45, 7) is 4.00. The van der Waals surface area contributed by atoms with Crippen molar-refractivity contribution in [2.75, 3.05) is 24.5 Å². The quantitative estimate of drug-likeness (QED) is 0.277. The Hall–Kier alpha value is -3.85. The first kappa shape index (κ1) is 23.3. The van der Waals surface area contributed by atoms with Crippen molar-refractivity contribution in [3.05, 3.63) is 48.7 Å². The Morgan fingerprint density at radius 2 is 1.76 bits per heavy atom. The minimum absolute atomic E-state index is 0.734. The molecule has 0 amide bonds. The molecule has 0 atom stereocenters. The van der Waals surface area contributed by atoms with E-state index in [0.717, 1.165) is 82.5 Å². The van der Waals surface area contributed by atoms with Crippen molar-refractivity contribution < 1.29 is 0 Å². The van der Waals surface area contributed by atoms with Crippen LogP contribution >= 0.6 is 0 Å². The van der Waals surface area contributed by atoms with E-state index < -0.39 is 0 Å². The Balaban J connectivity index is 1.18. The first-order valence-electron chi connectivity index (χ1n) is 13.9. The summed E-state index contributed by atoms with van der Waals surface area (Å²) in [7, 11) is 0. The van der Waals surface area contributed by atoms with E-state index in [2.05, 4.69) is 47.5 Å². The highest BCUT2D eigenvalue weighted by molar-refractivity contribution is 5.96. The van der Waals surface area contributed by atoms with Gasteiger partial charge in [0.15, 0.2) is 5.82 Å². The van der Waals surface area contributed by atoms with Crippen LogP contribution in [0.25, 0.3) is 44.7 Å². The lowest BCUT2D eigenvalue weighted by molar-refractivity contribution is 0.489.